The average molecular weight is 226 g/mol. The quantitative estimate of drug-likeness (QED) is 0.652. The van der Waals surface area contributed by atoms with Crippen LogP contribution in [0.1, 0.15) is 5.56 Å². The summed E-state index contributed by atoms with van der Waals surface area (Å²) in [6.07, 6.45) is 0. The van der Waals surface area contributed by atoms with Crippen molar-refractivity contribution < 1.29 is 10.2 Å². The zero-order chi connectivity index (χ0) is 10.1. The van der Waals surface area contributed by atoms with Crippen LogP contribution in [0.5, 0.6) is 11.5 Å². The Hall–Kier alpha value is -1.45. The molecular formula is C11H12ClNO2. The van der Waals surface area contributed by atoms with Crippen LogP contribution < -0.4 is 5.73 Å². The SMILES string of the molecule is Cl.NCc1cccc2cc(O)c(O)cc12. The van der Waals surface area contributed by atoms with Crippen molar-refractivity contribution in [3.8, 4) is 11.5 Å². The highest BCUT2D eigenvalue weighted by molar-refractivity contribution is 5.88. The molecule has 3 nitrogen and oxygen atoms in total. The highest BCUT2D eigenvalue weighted by Crippen LogP contribution is 2.31. The molecule has 0 aliphatic carbocycles. The van der Waals surface area contributed by atoms with E-state index in [1.165, 1.54) is 12.1 Å². The van der Waals surface area contributed by atoms with Crippen molar-refractivity contribution in [2.24, 2.45) is 5.73 Å². The van der Waals surface area contributed by atoms with Crippen LogP contribution in [0, 0.1) is 0 Å². The predicted octanol–water partition coefficient (Wildman–Crippen LogP) is 2.13. The van der Waals surface area contributed by atoms with E-state index in [4.69, 9.17) is 5.73 Å². The Labute approximate surface area is 93.6 Å². The van der Waals surface area contributed by atoms with Crippen molar-refractivity contribution in [2.75, 3.05) is 0 Å². The summed E-state index contributed by atoms with van der Waals surface area (Å²) >= 11 is 0. The number of rotatable bonds is 1. The maximum absolute atomic E-state index is 9.35. The summed E-state index contributed by atoms with van der Waals surface area (Å²) in [5, 5.41) is 20.4. The Morgan fingerprint density at radius 2 is 1.73 bits per heavy atom. The molecule has 0 fully saturated rings. The van der Waals surface area contributed by atoms with Crippen molar-refractivity contribution in [1.82, 2.24) is 0 Å². The van der Waals surface area contributed by atoms with Crippen LogP contribution in [0.4, 0.5) is 0 Å². The van der Waals surface area contributed by atoms with Crippen molar-refractivity contribution >= 4 is 23.2 Å². The molecular weight excluding hydrogens is 214 g/mol. The number of hydrogen-bond acceptors (Lipinski definition) is 3. The van der Waals surface area contributed by atoms with Gasteiger partial charge in [-0.05, 0) is 28.5 Å². The van der Waals surface area contributed by atoms with Crippen LogP contribution in [-0.2, 0) is 6.54 Å². The zero-order valence-electron chi connectivity index (χ0n) is 7.97. The number of fused-ring (bicyclic) bond motifs is 1. The third-order valence-electron chi connectivity index (χ3n) is 2.29. The molecule has 0 saturated heterocycles. The Morgan fingerprint density at radius 1 is 1.07 bits per heavy atom. The Balaban J connectivity index is 0.00000112. The van der Waals surface area contributed by atoms with Crippen LogP contribution in [0.25, 0.3) is 10.8 Å². The Morgan fingerprint density at radius 3 is 2.40 bits per heavy atom. The lowest BCUT2D eigenvalue weighted by atomic mass is 10.0. The van der Waals surface area contributed by atoms with E-state index in [1.807, 2.05) is 18.2 Å². The Bertz CT molecular complexity index is 485. The van der Waals surface area contributed by atoms with Gasteiger partial charge in [-0.25, -0.2) is 0 Å². The van der Waals surface area contributed by atoms with Gasteiger partial charge in [0.05, 0.1) is 0 Å². The lowest BCUT2D eigenvalue weighted by Crippen LogP contribution is -1.96. The van der Waals surface area contributed by atoms with E-state index in [2.05, 4.69) is 0 Å². The van der Waals surface area contributed by atoms with Crippen molar-refractivity contribution in [3.05, 3.63) is 35.9 Å². The summed E-state index contributed by atoms with van der Waals surface area (Å²) in [6, 6.07) is 8.71. The van der Waals surface area contributed by atoms with Crippen LogP contribution in [0.15, 0.2) is 30.3 Å². The first-order valence-electron chi connectivity index (χ1n) is 4.36. The minimum atomic E-state index is -0.113. The summed E-state index contributed by atoms with van der Waals surface area (Å²) < 4.78 is 0. The maximum Gasteiger partial charge on any atom is 0.158 e. The molecule has 0 aromatic heterocycles. The predicted molar refractivity (Wildman–Crippen MR) is 62.4 cm³/mol. The molecule has 2 rings (SSSR count). The molecule has 0 heterocycles. The highest BCUT2D eigenvalue weighted by Gasteiger charge is 2.04. The van der Waals surface area contributed by atoms with Crippen LogP contribution in [0.2, 0.25) is 0 Å². The minimum Gasteiger partial charge on any atom is -0.504 e. The van der Waals surface area contributed by atoms with Gasteiger partial charge in [-0.2, -0.15) is 0 Å². The van der Waals surface area contributed by atoms with E-state index < -0.39 is 0 Å². The Kier molecular flexibility index (Phi) is 3.39. The van der Waals surface area contributed by atoms with Crippen molar-refractivity contribution in [2.45, 2.75) is 6.54 Å². The third kappa shape index (κ3) is 1.98. The second-order valence-corrected chi connectivity index (χ2v) is 3.18. The number of nitrogens with two attached hydrogens (primary N) is 1. The molecule has 0 atom stereocenters. The van der Waals surface area contributed by atoms with E-state index in [9.17, 15) is 10.2 Å². The van der Waals surface area contributed by atoms with Gasteiger partial charge in [0, 0.05) is 6.54 Å². The first-order valence-corrected chi connectivity index (χ1v) is 4.36. The third-order valence-corrected chi connectivity index (χ3v) is 2.29. The molecule has 4 N–H and O–H groups in total. The molecule has 2 aromatic rings. The molecule has 0 bridgehead atoms. The molecule has 15 heavy (non-hydrogen) atoms. The summed E-state index contributed by atoms with van der Waals surface area (Å²) in [5.74, 6) is -0.218. The first kappa shape index (κ1) is 11.6. The van der Waals surface area contributed by atoms with Crippen molar-refractivity contribution in [1.29, 1.82) is 0 Å². The van der Waals surface area contributed by atoms with Crippen LogP contribution in [0.3, 0.4) is 0 Å². The smallest absolute Gasteiger partial charge is 0.158 e. The molecule has 2 aromatic carbocycles. The number of hydrogen-bond donors (Lipinski definition) is 3. The minimum absolute atomic E-state index is 0. The van der Waals surface area contributed by atoms with Gasteiger partial charge in [-0.3, -0.25) is 0 Å². The lowest BCUT2D eigenvalue weighted by Gasteiger charge is -2.05. The van der Waals surface area contributed by atoms with E-state index in [-0.39, 0.29) is 23.9 Å². The number of aromatic hydroxyl groups is 2. The first-order chi connectivity index (χ1) is 6.72. The van der Waals surface area contributed by atoms with Gasteiger partial charge in [0.25, 0.3) is 0 Å². The van der Waals surface area contributed by atoms with Gasteiger partial charge >= 0.3 is 0 Å². The summed E-state index contributed by atoms with van der Waals surface area (Å²) in [5.41, 5.74) is 6.52. The monoisotopic (exact) mass is 225 g/mol. The molecule has 0 aliphatic heterocycles. The zero-order valence-corrected chi connectivity index (χ0v) is 8.79. The molecule has 80 valence electrons. The normalized spacial score (nSPS) is 9.93. The molecule has 0 aliphatic rings. The molecule has 0 amide bonds. The fourth-order valence-electron chi connectivity index (χ4n) is 1.54. The second kappa shape index (κ2) is 4.38. The topological polar surface area (TPSA) is 66.5 Å². The molecule has 0 unspecified atom stereocenters. The van der Waals surface area contributed by atoms with E-state index >= 15 is 0 Å². The number of phenolic OH excluding ortho intramolecular Hbond substituents is 2. The summed E-state index contributed by atoms with van der Waals surface area (Å²) in [6.45, 7) is 0.418. The number of phenols is 2. The molecule has 0 saturated carbocycles. The molecule has 0 radical (unpaired) electrons. The second-order valence-electron chi connectivity index (χ2n) is 3.18. The molecule has 4 heteroatoms. The van der Waals surface area contributed by atoms with Crippen LogP contribution >= 0.6 is 12.4 Å². The molecule has 0 spiro atoms. The fourth-order valence-corrected chi connectivity index (χ4v) is 1.54. The van der Waals surface area contributed by atoms with Gasteiger partial charge in [-0.1, -0.05) is 18.2 Å². The van der Waals surface area contributed by atoms with E-state index in [1.54, 1.807) is 0 Å². The van der Waals surface area contributed by atoms with Gasteiger partial charge in [0.1, 0.15) is 0 Å². The average Bonchev–Trinajstić information content (AvgIpc) is 2.19. The summed E-state index contributed by atoms with van der Waals surface area (Å²) in [7, 11) is 0. The van der Waals surface area contributed by atoms with Gasteiger partial charge in [0.15, 0.2) is 11.5 Å². The highest BCUT2D eigenvalue weighted by atomic mass is 35.5. The number of benzene rings is 2. The number of halogens is 1. The van der Waals surface area contributed by atoms with E-state index in [0.717, 1.165) is 16.3 Å². The van der Waals surface area contributed by atoms with Crippen molar-refractivity contribution in [3.63, 3.8) is 0 Å². The fraction of sp³-hybridized carbons (Fsp3) is 0.0909. The standard InChI is InChI=1S/C11H11NO2.ClH/c12-6-8-3-1-2-7-4-10(13)11(14)5-9(7)8;/h1-5,13-14H,6,12H2;1H. The summed E-state index contributed by atoms with van der Waals surface area (Å²) in [4.78, 5) is 0. The maximum atomic E-state index is 9.35. The van der Waals surface area contributed by atoms with E-state index in [0.29, 0.717) is 6.54 Å². The van der Waals surface area contributed by atoms with Crippen LogP contribution in [-0.4, -0.2) is 10.2 Å². The van der Waals surface area contributed by atoms with Gasteiger partial charge < -0.3 is 15.9 Å². The lowest BCUT2D eigenvalue weighted by molar-refractivity contribution is 0.405. The van der Waals surface area contributed by atoms with Gasteiger partial charge in [0.2, 0.25) is 0 Å². The largest absolute Gasteiger partial charge is 0.504 e. The van der Waals surface area contributed by atoms with Gasteiger partial charge in [-0.15, -0.1) is 12.4 Å².